The van der Waals surface area contributed by atoms with Gasteiger partial charge in [-0.3, -0.25) is 14.8 Å². The normalized spacial score (nSPS) is 21.2. The number of amides is 2. The molecule has 0 radical (unpaired) electrons. The zero-order chi connectivity index (χ0) is 18.3. The van der Waals surface area contributed by atoms with E-state index in [0.717, 1.165) is 17.5 Å². The lowest BCUT2D eigenvalue weighted by Crippen LogP contribution is -2.49. The minimum Gasteiger partial charge on any atom is -0.334 e. The molecule has 2 saturated heterocycles. The number of aryl methyl sites for hydroxylation is 1. The van der Waals surface area contributed by atoms with Gasteiger partial charge < -0.3 is 9.80 Å². The van der Waals surface area contributed by atoms with Gasteiger partial charge in [0.25, 0.3) is 11.8 Å². The van der Waals surface area contributed by atoms with Gasteiger partial charge in [0.2, 0.25) is 5.95 Å². The van der Waals surface area contributed by atoms with E-state index in [0.29, 0.717) is 19.0 Å². The number of aromatic nitrogens is 2. The molecule has 134 valence electrons. The Balaban J connectivity index is 1.46. The van der Waals surface area contributed by atoms with Gasteiger partial charge in [-0.15, -0.1) is 0 Å². The van der Waals surface area contributed by atoms with Gasteiger partial charge in [0, 0.05) is 31.0 Å². The summed E-state index contributed by atoms with van der Waals surface area (Å²) in [5.41, 5.74) is 3.54. The number of fused-ring (bicyclic) bond motifs is 2. The Morgan fingerprint density at radius 1 is 1.15 bits per heavy atom. The quantitative estimate of drug-likeness (QED) is 0.631. The molecular formula is C18H19N5O3. The van der Waals surface area contributed by atoms with Crippen molar-refractivity contribution in [2.45, 2.75) is 25.4 Å². The number of hydroxylamine groups is 1. The maximum Gasteiger partial charge on any atom is 0.277 e. The lowest BCUT2D eigenvalue weighted by Gasteiger charge is -2.34. The number of rotatable bonds is 3. The van der Waals surface area contributed by atoms with Crippen molar-refractivity contribution in [3.63, 3.8) is 0 Å². The lowest BCUT2D eigenvalue weighted by atomic mass is 10.1. The highest BCUT2D eigenvalue weighted by molar-refractivity contribution is 5.95. The first-order valence-electron chi connectivity index (χ1n) is 8.47. The molecule has 2 bridgehead atoms. The highest BCUT2D eigenvalue weighted by Gasteiger charge is 2.46. The highest BCUT2D eigenvalue weighted by Crippen LogP contribution is 2.33. The maximum absolute atomic E-state index is 12.8. The summed E-state index contributed by atoms with van der Waals surface area (Å²) in [6.45, 7) is 3.29. The number of benzene rings is 1. The molecule has 2 aliphatic heterocycles. The van der Waals surface area contributed by atoms with E-state index in [1.165, 1.54) is 12.4 Å². The first-order valence-corrected chi connectivity index (χ1v) is 8.47. The van der Waals surface area contributed by atoms with Crippen molar-refractivity contribution in [3.8, 4) is 0 Å². The van der Waals surface area contributed by atoms with Gasteiger partial charge >= 0.3 is 0 Å². The van der Waals surface area contributed by atoms with Crippen LogP contribution in [0.1, 0.15) is 32.7 Å². The Kier molecular flexibility index (Phi) is 4.04. The fourth-order valence-electron chi connectivity index (χ4n) is 3.76. The van der Waals surface area contributed by atoms with Gasteiger partial charge in [0.15, 0.2) is 0 Å². The Bertz CT molecular complexity index is 854. The van der Waals surface area contributed by atoms with Gasteiger partial charge in [-0.05, 0) is 25.5 Å². The molecule has 8 nitrogen and oxygen atoms in total. The van der Waals surface area contributed by atoms with Crippen molar-refractivity contribution in [2.75, 3.05) is 18.0 Å². The van der Waals surface area contributed by atoms with Crippen LogP contribution in [0, 0.1) is 6.92 Å². The zero-order valence-corrected chi connectivity index (χ0v) is 14.3. The first-order chi connectivity index (χ1) is 12.6. The average molecular weight is 353 g/mol. The van der Waals surface area contributed by atoms with Crippen molar-refractivity contribution in [3.05, 3.63) is 53.3 Å². The Morgan fingerprint density at radius 2 is 1.92 bits per heavy atom. The molecule has 3 heterocycles. The molecule has 2 N–H and O–H groups in total. The Hall–Kier alpha value is -3.00. The standard InChI is InChI=1S/C18H19N5O3/c1-11-3-2-4-12(5-11)17(25)22-9-15-6-14(22)10-23(15)18-19-7-13(8-20-18)16(24)21-26/h2-5,7-8,14-15,26H,6,9-10H2,1H3,(H,21,24)/t14-,15-/m1/s1. The van der Waals surface area contributed by atoms with Crippen LogP contribution < -0.4 is 10.4 Å². The van der Waals surface area contributed by atoms with Crippen LogP contribution in [0.4, 0.5) is 5.95 Å². The number of likely N-dealkylation sites (tertiary alicyclic amines) is 1. The van der Waals surface area contributed by atoms with Crippen LogP contribution in [0.15, 0.2) is 36.7 Å². The predicted octanol–water partition coefficient (Wildman–Crippen LogP) is 1.01. The van der Waals surface area contributed by atoms with E-state index in [1.807, 2.05) is 36.1 Å². The Morgan fingerprint density at radius 3 is 2.54 bits per heavy atom. The topological polar surface area (TPSA) is 98.7 Å². The van der Waals surface area contributed by atoms with Gasteiger partial charge in [0.05, 0.1) is 17.6 Å². The van der Waals surface area contributed by atoms with E-state index in [9.17, 15) is 9.59 Å². The van der Waals surface area contributed by atoms with E-state index < -0.39 is 5.91 Å². The molecular weight excluding hydrogens is 334 g/mol. The van der Waals surface area contributed by atoms with Crippen molar-refractivity contribution in [1.82, 2.24) is 20.3 Å². The monoisotopic (exact) mass is 353 g/mol. The summed E-state index contributed by atoms with van der Waals surface area (Å²) in [5, 5.41) is 8.64. The van der Waals surface area contributed by atoms with Gasteiger partial charge in [-0.1, -0.05) is 17.7 Å². The van der Waals surface area contributed by atoms with E-state index in [4.69, 9.17) is 5.21 Å². The summed E-state index contributed by atoms with van der Waals surface area (Å²) in [4.78, 5) is 36.6. The molecule has 0 aliphatic carbocycles. The number of nitrogens with one attached hydrogen (secondary N) is 1. The molecule has 1 aromatic carbocycles. The van der Waals surface area contributed by atoms with E-state index in [1.54, 1.807) is 5.48 Å². The van der Waals surface area contributed by atoms with Crippen LogP contribution in [0.5, 0.6) is 0 Å². The second-order valence-electron chi connectivity index (χ2n) is 6.74. The maximum atomic E-state index is 12.8. The van der Waals surface area contributed by atoms with Crippen LogP contribution in [0.2, 0.25) is 0 Å². The van der Waals surface area contributed by atoms with Crippen LogP contribution in [-0.4, -0.2) is 57.1 Å². The summed E-state index contributed by atoms with van der Waals surface area (Å²) in [7, 11) is 0. The van der Waals surface area contributed by atoms with Crippen molar-refractivity contribution >= 4 is 17.8 Å². The van der Waals surface area contributed by atoms with Gasteiger partial charge in [-0.25, -0.2) is 15.4 Å². The first kappa shape index (κ1) is 16.5. The molecule has 0 saturated carbocycles. The average Bonchev–Trinajstić information content (AvgIpc) is 3.28. The van der Waals surface area contributed by atoms with Crippen LogP contribution in [-0.2, 0) is 0 Å². The molecule has 2 aliphatic rings. The van der Waals surface area contributed by atoms with Crippen LogP contribution in [0.3, 0.4) is 0 Å². The Labute approximate surface area is 150 Å². The summed E-state index contributed by atoms with van der Waals surface area (Å²) in [5.74, 6) is -0.0409. The molecule has 0 spiro atoms. The number of hydrogen-bond acceptors (Lipinski definition) is 6. The minimum atomic E-state index is -0.644. The molecule has 26 heavy (non-hydrogen) atoms. The van der Waals surface area contributed by atoms with E-state index in [2.05, 4.69) is 14.9 Å². The number of anilines is 1. The molecule has 8 heteroatoms. The summed E-state index contributed by atoms with van der Waals surface area (Å²) in [6, 6.07) is 7.96. The van der Waals surface area contributed by atoms with Crippen molar-refractivity contribution in [1.29, 1.82) is 0 Å². The summed E-state index contributed by atoms with van der Waals surface area (Å²) in [6.07, 6.45) is 3.66. The third-order valence-corrected chi connectivity index (χ3v) is 5.03. The number of piperazine rings is 1. The third kappa shape index (κ3) is 2.78. The minimum absolute atomic E-state index is 0.0664. The number of hydrogen-bond donors (Lipinski definition) is 2. The molecule has 2 amide bonds. The highest BCUT2D eigenvalue weighted by atomic mass is 16.5. The second kappa shape index (κ2) is 6.38. The van der Waals surface area contributed by atoms with E-state index in [-0.39, 0.29) is 23.6 Å². The fraction of sp³-hybridized carbons (Fsp3) is 0.333. The molecule has 2 aromatic rings. The lowest BCUT2D eigenvalue weighted by molar-refractivity contribution is 0.0703. The summed E-state index contributed by atoms with van der Waals surface area (Å²) < 4.78 is 0. The van der Waals surface area contributed by atoms with Crippen molar-refractivity contribution < 1.29 is 14.8 Å². The number of carbonyl (C=O) groups excluding carboxylic acids is 2. The number of nitrogens with zero attached hydrogens (tertiary/aromatic N) is 4. The number of carbonyl (C=O) groups is 2. The smallest absolute Gasteiger partial charge is 0.277 e. The van der Waals surface area contributed by atoms with Crippen molar-refractivity contribution in [2.24, 2.45) is 0 Å². The van der Waals surface area contributed by atoms with Gasteiger partial charge in [0.1, 0.15) is 0 Å². The fourth-order valence-corrected chi connectivity index (χ4v) is 3.76. The SMILES string of the molecule is Cc1cccc(C(=O)N2C[C@H]3C[C@@H]2CN3c2ncc(C(=O)NO)cn2)c1. The largest absolute Gasteiger partial charge is 0.334 e. The molecule has 2 fully saturated rings. The third-order valence-electron chi connectivity index (χ3n) is 5.03. The molecule has 4 rings (SSSR count). The molecule has 1 aromatic heterocycles. The van der Waals surface area contributed by atoms with Crippen LogP contribution >= 0.6 is 0 Å². The molecule has 0 unspecified atom stereocenters. The summed E-state index contributed by atoms with van der Waals surface area (Å²) >= 11 is 0. The zero-order valence-electron chi connectivity index (χ0n) is 14.3. The van der Waals surface area contributed by atoms with E-state index >= 15 is 0 Å². The van der Waals surface area contributed by atoms with Crippen LogP contribution in [0.25, 0.3) is 0 Å². The van der Waals surface area contributed by atoms with Gasteiger partial charge in [-0.2, -0.15) is 0 Å². The second-order valence-corrected chi connectivity index (χ2v) is 6.74. The predicted molar refractivity (Wildman–Crippen MR) is 93.0 cm³/mol. The molecule has 2 atom stereocenters.